The molecule has 0 aliphatic carbocycles. The molecule has 5 nitrogen and oxygen atoms in total. The molecule has 1 aromatic rings. The molecule has 0 saturated heterocycles. The number of nitrogens with two attached hydrogens (primary N) is 1. The second-order valence-electron chi connectivity index (χ2n) is 4.71. The molecule has 0 bridgehead atoms. The van der Waals surface area contributed by atoms with Gasteiger partial charge in [0.05, 0.1) is 9.92 Å². The van der Waals surface area contributed by atoms with Gasteiger partial charge < -0.3 is 11.1 Å². The fraction of sp³-hybridized carbons (Fsp3) is 0.462. The summed E-state index contributed by atoms with van der Waals surface area (Å²) in [6, 6.07) is 4.06. The molecule has 112 valence electrons. The monoisotopic (exact) mass is 318 g/mol. The Morgan fingerprint density at radius 2 is 2.10 bits per heavy atom. The lowest BCUT2D eigenvalue weighted by molar-refractivity contribution is -0.119. The van der Waals surface area contributed by atoms with E-state index in [2.05, 4.69) is 5.32 Å². The number of sulfone groups is 1. The average Bonchev–Trinajstić information content (AvgIpc) is 2.26. The van der Waals surface area contributed by atoms with Crippen LogP contribution in [0.15, 0.2) is 23.1 Å². The number of carbonyl (C=O) groups excluding carboxylic acids is 1. The molecule has 1 unspecified atom stereocenters. The highest BCUT2D eigenvalue weighted by Crippen LogP contribution is 2.24. The van der Waals surface area contributed by atoms with E-state index < -0.39 is 21.5 Å². The molecule has 20 heavy (non-hydrogen) atoms. The Morgan fingerprint density at radius 3 is 2.65 bits per heavy atom. The molecule has 0 fully saturated rings. The lowest BCUT2D eigenvalue weighted by Gasteiger charge is -2.13. The number of nitrogens with one attached hydrogen (secondary N) is 1. The minimum atomic E-state index is -3.77. The van der Waals surface area contributed by atoms with Crippen LogP contribution in [0.2, 0.25) is 5.02 Å². The molecule has 0 aliphatic heterocycles. The van der Waals surface area contributed by atoms with E-state index in [1.807, 2.05) is 13.8 Å². The van der Waals surface area contributed by atoms with Crippen LogP contribution in [0.3, 0.4) is 0 Å². The van der Waals surface area contributed by atoms with Crippen LogP contribution in [-0.4, -0.2) is 26.1 Å². The van der Waals surface area contributed by atoms with E-state index in [1.165, 1.54) is 18.2 Å². The SMILES string of the molecule is CCCC(C)NC(=O)CS(=O)(=O)c1ccc(N)cc1Cl. The lowest BCUT2D eigenvalue weighted by Crippen LogP contribution is -2.36. The van der Waals surface area contributed by atoms with Gasteiger partial charge in [-0.3, -0.25) is 4.79 Å². The molecular weight excluding hydrogens is 300 g/mol. The Morgan fingerprint density at radius 1 is 1.45 bits per heavy atom. The van der Waals surface area contributed by atoms with Crippen molar-refractivity contribution in [1.82, 2.24) is 5.32 Å². The van der Waals surface area contributed by atoms with Crippen LogP contribution in [0.5, 0.6) is 0 Å². The maximum absolute atomic E-state index is 12.1. The van der Waals surface area contributed by atoms with Crippen molar-refractivity contribution in [2.24, 2.45) is 0 Å². The Kier molecular flexibility index (Phi) is 5.83. The van der Waals surface area contributed by atoms with Gasteiger partial charge >= 0.3 is 0 Å². The van der Waals surface area contributed by atoms with Gasteiger partial charge in [0.15, 0.2) is 9.84 Å². The van der Waals surface area contributed by atoms with E-state index in [0.717, 1.165) is 12.8 Å². The highest BCUT2D eigenvalue weighted by Gasteiger charge is 2.22. The first-order chi connectivity index (χ1) is 9.26. The second-order valence-corrected chi connectivity index (χ2v) is 7.07. The number of amides is 1. The molecule has 0 spiro atoms. The number of hydrogen-bond acceptors (Lipinski definition) is 4. The van der Waals surface area contributed by atoms with Crippen molar-refractivity contribution in [2.45, 2.75) is 37.6 Å². The van der Waals surface area contributed by atoms with Crippen molar-refractivity contribution in [3.8, 4) is 0 Å². The van der Waals surface area contributed by atoms with Crippen molar-refractivity contribution in [2.75, 3.05) is 11.5 Å². The van der Waals surface area contributed by atoms with Gasteiger partial charge in [-0.2, -0.15) is 0 Å². The first-order valence-corrected chi connectivity index (χ1v) is 8.36. The maximum Gasteiger partial charge on any atom is 0.235 e. The molecule has 7 heteroatoms. The van der Waals surface area contributed by atoms with Crippen LogP contribution < -0.4 is 11.1 Å². The van der Waals surface area contributed by atoms with Gasteiger partial charge in [0.25, 0.3) is 0 Å². The van der Waals surface area contributed by atoms with E-state index in [0.29, 0.717) is 5.69 Å². The molecule has 1 aromatic carbocycles. The van der Waals surface area contributed by atoms with Crippen molar-refractivity contribution in [3.63, 3.8) is 0 Å². The quantitative estimate of drug-likeness (QED) is 0.785. The van der Waals surface area contributed by atoms with Crippen molar-refractivity contribution >= 4 is 33.0 Å². The molecule has 3 N–H and O–H groups in total. The van der Waals surface area contributed by atoms with Gasteiger partial charge in [-0.1, -0.05) is 24.9 Å². The van der Waals surface area contributed by atoms with Crippen LogP contribution in [0, 0.1) is 0 Å². The summed E-state index contributed by atoms with van der Waals surface area (Å²) < 4.78 is 24.3. The summed E-state index contributed by atoms with van der Waals surface area (Å²) in [5.74, 6) is -1.15. The van der Waals surface area contributed by atoms with Gasteiger partial charge in [0.2, 0.25) is 5.91 Å². The molecule has 0 aromatic heterocycles. The normalized spacial score (nSPS) is 12.9. The fourth-order valence-corrected chi connectivity index (χ4v) is 3.60. The summed E-state index contributed by atoms with van der Waals surface area (Å²) in [7, 11) is -3.77. The summed E-state index contributed by atoms with van der Waals surface area (Å²) in [5.41, 5.74) is 5.88. The largest absolute Gasteiger partial charge is 0.399 e. The topological polar surface area (TPSA) is 89.3 Å². The molecule has 0 saturated carbocycles. The maximum atomic E-state index is 12.1. The zero-order valence-corrected chi connectivity index (χ0v) is 13.1. The third kappa shape index (κ3) is 4.68. The standard InChI is InChI=1S/C13H19ClN2O3S/c1-3-4-9(2)16-13(17)8-20(18,19)12-6-5-10(15)7-11(12)14/h5-7,9H,3-4,8,15H2,1-2H3,(H,16,17). The van der Waals surface area contributed by atoms with Gasteiger partial charge in [-0.15, -0.1) is 0 Å². The summed E-state index contributed by atoms with van der Waals surface area (Å²) in [6.07, 6.45) is 1.71. The first-order valence-electron chi connectivity index (χ1n) is 6.33. The summed E-state index contributed by atoms with van der Waals surface area (Å²) in [4.78, 5) is 11.7. The molecular formula is C13H19ClN2O3S. The number of anilines is 1. The number of rotatable bonds is 6. The zero-order valence-electron chi connectivity index (χ0n) is 11.5. The molecule has 1 atom stereocenters. The summed E-state index contributed by atoms with van der Waals surface area (Å²) in [6.45, 7) is 3.83. The third-order valence-electron chi connectivity index (χ3n) is 2.74. The predicted molar refractivity (Wildman–Crippen MR) is 80.4 cm³/mol. The van der Waals surface area contributed by atoms with Gasteiger partial charge in [-0.25, -0.2) is 8.42 Å². The van der Waals surface area contributed by atoms with E-state index >= 15 is 0 Å². The summed E-state index contributed by atoms with van der Waals surface area (Å²) >= 11 is 5.86. The van der Waals surface area contributed by atoms with Crippen molar-refractivity contribution in [3.05, 3.63) is 23.2 Å². The third-order valence-corrected chi connectivity index (χ3v) is 4.83. The Hall–Kier alpha value is -1.27. The minimum absolute atomic E-state index is 0.0272. The Bertz CT molecular complexity index is 587. The number of benzene rings is 1. The first kappa shape index (κ1) is 16.8. The smallest absolute Gasteiger partial charge is 0.235 e. The van der Waals surface area contributed by atoms with E-state index in [9.17, 15) is 13.2 Å². The number of carbonyl (C=O) groups is 1. The fourth-order valence-electron chi connectivity index (χ4n) is 1.84. The van der Waals surface area contributed by atoms with Crippen LogP contribution in [0.25, 0.3) is 0 Å². The van der Waals surface area contributed by atoms with Crippen molar-refractivity contribution in [1.29, 1.82) is 0 Å². The van der Waals surface area contributed by atoms with E-state index in [-0.39, 0.29) is 16.0 Å². The second kappa shape index (κ2) is 6.95. The molecule has 1 rings (SSSR count). The lowest BCUT2D eigenvalue weighted by atomic mass is 10.2. The van der Waals surface area contributed by atoms with Gasteiger partial charge in [-0.05, 0) is 31.5 Å². The molecule has 1 amide bonds. The van der Waals surface area contributed by atoms with Crippen LogP contribution >= 0.6 is 11.6 Å². The highest BCUT2D eigenvalue weighted by molar-refractivity contribution is 7.92. The van der Waals surface area contributed by atoms with Crippen molar-refractivity contribution < 1.29 is 13.2 Å². The Balaban J connectivity index is 2.82. The highest BCUT2D eigenvalue weighted by atomic mass is 35.5. The average molecular weight is 319 g/mol. The summed E-state index contributed by atoms with van der Waals surface area (Å²) in [5, 5.41) is 2.68. The molecule has 0 radical (unpaired) electrons. The number of nitrogen functional groups attached to an aromatic ring is 1. The minimum Gasteiger partial charge on any atom is -0.399 e. The van der Waals surface area contributed by atoms with E-state index in [1.54, 1.807) is 0 Å². The molecule has 0 heterocycles. The number of halogens is 1. The predicted octanol–water partition coefficient (Wildman–Crippen LogP) is 2.00. The van der Waals surface area contributed by atoms with E-state index in [4.69, 9.17) is 17.3 Å². The zero-order chi connectivity index (χ0) is 15.3. The van der Waals surface area contributed by atoms with Gasteiger partial charge in [0, 0.05) is 11.7 Å². The Labute approximate surface area is 124 Å². The molecule has 0 aliphatic rings. The van der Waals surface area contributed by atoms with Crippen LogP contribution in [0.4, 0.5) is 5.69 Å². The van der Waals surface area contributed by atoms with Crippen LogP contribution in [0.1, 0.15) is 26.7 Å². The van der Waals surface area contributed by atoms with Gasteiger partial charge in [0.1, 0.15) is 5.75 Å². The van der Waals surface area contributed by atoms with Crippen LogP contribution in [-0.2, 0) is 14.6 Å². The number of hydrogen-bond donors (Lipinski definition) is 2.